The second-order valence-electron chi connectivity index (χ2n) is 9.82. The zero-order valence-electron chi connectivity index (χ0n) is 22.5. The van der Waals surface area contributed by atoms with Crippen LogP contribution in [0.3, 0.4) is 0 Å². The van der Waals surface area contributed by atoms with E-state index in [2.05, 4.69) is 42.6 Å². The fraction of sp³-hybridized carbons (Fsp3) is 0.407. The maximum atomic E-state index is 15.5. The van der Waals surface area contributed by atoms with Crippen molar-refractivity contribution in [3.05, 3.63) is 65.4 Å². The number of likely N-dealkylation sites (N-methyl/N-ethyl adjacent to an activating group) is 1. The number of allylic oxidation sites excluding steroid dienone is 1. The third-order valence-electron chi connectivity index (χ3n) is 6.40. The fourth-order valence-corrected chi connectivity index (χ4v) is 4.19. The second kappa shape index (κ2) is 12.0. The number of nitrogens with zero attached hydrogens (tertiary/aromatic N) is 6. The SMILES string of the molecule is CN=C(C=C(C)C)Nc1nc(C(F)(F)c2ccc(F)cc2)nn2cc(NC(=O)CCN3CCN(C)CC3)cc12. The molecule has 3 aromatic rings. The number of nitrogens with one attached hydrogen (secondary N) is 2. The van der Waals surface area contributed by atoms with Crippen molar-refractivity contribution in [3.63, 3.8) is 0 Å². The molecule has 1 aliphatic heterocycles. The zero-order valence-corrected chi connectivity index (χ0v) is 22.5. The summed E-state index contributed by atoms with van der Waals surface area (Å²) in [4.78, 5) is 25.5. The van der Waals surface area contributed by atoms with Crippen LogP contribution in [0, 0.1) is 5.82 Å². The molecule has 1 fully saturated rings. The number of aliphatic imine (C=N–C) groups is 1. The van der Waals surface area contributed by atoms with E-state index in [1.165, 1.54) is 10.7 Å². The topological polar surface area (TPSA) is 90.2 Å². The summed E-state index contributed by atoms with van der Waals surface area (Å²) in [6, 6.07) is 5.54. The minimum atomic E-state index is -3.62. The van der Waals surface area contributed by atoms with Gasteiger partial charge in [-0.25, -0.2) is 13.9 Å². The van der Waals surface area contributed by atoms with Gasteiger partial charge in [-0.15, -0.1) is 5.10 Å². The number of hydrogen-bond donors (Lipinski definition) is 2. The molecule has 2 N–H and O–H groups in total. The van der Waals surface area contributed by atoms with E-state index < -0.39 is 23.1 Å². The van der Waals surface area contributed by atoms with E-state index in [1.807, 2.05) is 13.8 Å². The quantitative estimate of drug-likeness (QED) is 0.331. The van der Waals surface area contributed by atoms with E-state index in [9.17, 15) is 9.18 Å². The number of anilines is 2. The summed E-state index contributed by atoms with van der Waals surface area (Å²) in [5.74, 6) is -4.74. The number of amidine groups is 1. The Kier molecular flexibility index (Phi) is 8.66. The number of benzene rings is 1. The highest BCUT2D eigenvalue weighted by Gasteiger charge is 2.39. The lowest BCUT2D eigenvalue weighted by Gasteiger charge is -2.32. The first-order chi connectivity index (χ1) is 18.5. The van der Waals surface area contributed by atoms with Crippen LogP contribution in [0.5, 0.6) is 0 Å². The van der Waals surface area contributed by atoms with Gasteiger partial charge in [-0.1, -0.05) is 5.57 Å². The number of rotatable bonds is 8. The lowest BCUT2D eigenvalue weighted by atomic mass is 10.1. The summed E-state index contributed by atoms with van der Waals surface area (Å²) in [7, 11) is 3.64. The van der Waals surface area contributed by atoms with Gasteiger partial charge in [0, 0.05) is 51.8 Å². The van der Waals surface area contributed by atoms with Crippen molar-refractivity contribution in [2.75, 3.05) is 57.5 Å². The first kappa shape index (κ1) is 28.2. The molecule has 208 valence electrons. The van der Waals surface area contributed by atoms with Crippen molar-refractivity contribution < 1.29 is 18.0 Å². The van der Waals surface area contributed by atoms with Crippen molar-refractivity contribution >= 4 is 28.8 Å². The van der Waals surface area contributed by atoms with Crippen LogP contribution in [0.1, 0.15) is 31.7 Å². The number of carbonyl (C=O) groups is 1. The van der Waals surface area contributed by atoms with Crippen molar-refractivity contribution in [1.29, 1.82) is 0 Å². The number of fused-ring (bicyclic) bond motifs is 1. The lowest BCUT2D eigenvalue weighted by molar-refractivity contribution is -0.116. The summed E-state index contributed by atoms with van der Waals surface area (Å²) in [6.07, 6.45) is 3.51. The number of hydrogen-bond acceptors (Lipinski definition) is 6. The van der Waals surface area contributed by atoms with E-state index in [0.717, 1.165) is 56.0 Å². The van der Waals surface area contributed by atoms with E-state index >= 15 is 8.78 Å². The Morgan fingerprint density at radius 3 is 2.46 bits per heavy atom. The van der Waals surface area contributed by atoms with Crippen LogP contribution in [0.2, 0.25) is 0 Å². The van der Waals surface area contributed by atoms with E-state index in [0.29, 0.717) is 30.0 Å². The van der Waals surface area contributed by atoms with Crippen LogP contribution in [0.15, 0.2) is 53.2 Å². The zero-order chi connectivity index (χ0) is 28.2. The van der Waals surface area contributed by atoms with Crippen molar-refractivity contribution in [2.45, 2.75) is 26.2 Å². The number of alkyl halides is 2. The molecule has 0 unspecified atom stereocenters. The molecule has 0 aliphatic carbocycles. The fourth-order valence-electron chi connectivity index (χ4n) is 4.19. The molecule has 0 atom stereocenters. The highest BCUT2D eigenvalue weighted by Crippen LogP contribution is 2.35. The van der Waals surface area contributed by atoms with Crippen LogP contribution in [-0.4, -0.2) is 83.0 Å². The van der Waals surface area contributed by atoms with Gasteiger partial charge in [-0.05, 0) is 57.3 Å². The third kappa shape index (κ3) is 7.01. The Morgan fingerprint density at radius 2 is 1.82 bits per heavy atom. The molecule has 0 saturated carbocycles. The summed E-state index contributed by atoms with van der Waals surface area (Å²) >= 11 is 0. The predicted octanol–water partition coefficient (Wildman–Crippen LogP) is 3.99. The van der Waals surface area contributed by atoms with Gasteiger partial charge in [0.05, 0.1) is 11.9 Å². The van der Waals surface area contributed by atoms with Gasteiger partial charge >= 0.3 is 5.92 Å². The Balaban J connectivity index is 1.63. The van der Waals surface area contributed by atoms with E-state index in [4.69, 9.17) is 0 Å². The van der Waals surface area contributed by atoms with Gasteiger partial charge in [0.15, 0.2) is 5.82 Å². The minimum Gasteiger partial charge on any atom is -0.325 e. The Hall–Kier alpha value is -3.77. The maximum absolute atomic E-state index is 15.5. The van der Waals surface area contributed by atoms with Crippen molar-refractivity contribution in [2.24, 2.45) is 4.99 Å². The molecule has 1 saturated heterocycles. The molecule has 1 amide bonds. The second-order valence-corrected chi connectivity index (χ2v) is 9.82. The smallest absolute Gasteiger partial charge is 0.325 e. The van der Waals surface area contributed by atoms with Crippen molar-refractivity contribution in [3.8, 4) is 0 Å². The maximum Gasteiger partial charge on any atom is 0.333 e. The van der Waals surface area contributed by atoms with Crippen LogP contribution < -0.4 is 10.6 Å². The molecule has 1 aromatic carbocycles. The van der Waals surface area contributed by atoms with Crippen molar-refractivity contribution in [1.82, 2.24) is 24.4 Å². The van der Waals surface area contributed by atoms with Crippen LogP contribution >= 0.6 is 0 Å². The Bertz CT molecular complexity index is 1370. The average molecular weight is 543 g/mol. The Labute approximate surface area is 225 Å². The minimum absolute atomic E-state index is 0.0813. The van der Waals surface area contributed by atoms with Gasteiger partial charge in [-0.2, -0.15) is 8.78 Å². The largest absolute Gasteiger partial charge is 0.333 e. The Morgan fingerprint density at radius 1 is 1.13 bits per heavy atom. The lowest BCUT2D eigenvalue weighted by Crippen LogP contribution is -2.45. The number of aromatic nitrogens is 3. The average Bonchev–Trinajstić information content (AvgIpc) is 3.30. The molecule has 12 heteroatoms. The first-order valence-electron chi connectivity index (χ1n) is 12.7. The number of piperazine rings is 1. The van der Waals surface area contributed by atoms with E-state index in [-0.39, 0.29) is 11.7 Å². The predicted molar refractivity (Wildman–Crippen MR) is 146 cm³/mol. The van der Waals surface area contributed by atoms with Crippen LogP contribution in [0.4, 0.5) is 24.7 Å². The normalized spacial score (nSPS) is 15.4. The molecule has 3 heterocycles. The molecule has 39 heavy (non-hydrogen) atoms. The number of carbonyl (C=O) groups excluding carboxylic acids is 1. The molecule has 2 aromatic heterocycles. The molecule has 0 radical (unpaired) electrons. The van der Waals surface area contributed by atoms with Gasteiger partial charge in [0.25, 0.3) is 0 Å². The number of amides is 1. The monoisotopic (exact) mass is 542 g/mol. The van der Waals surface area contributed by atoms with Gasteiger partial charge in [0.2, 0.25) is 11.7 Å². The van der Waals surface area contributed by atoms with Crippen LogP contribution in [0.25, 0.3) is 5.52 Å². The molecule has 4 rings (SSSR count). The van der Waals surface area contributed by atoms with Gasteiger partial charge < -0.3 is 20.4 Å². The highest BCUT2D eigenvalue weighted by atomic mass is 19.3. The third-order valence-corrected chi connectivity index (χ3v) is 6.40. The van der Waals surface area contributed by atoms with Crippen LogP contribution in [-0.2, 0) is 10.7 Å². The number of halogens is 3. The molecular weight excluding hydrogens is 509 g/mol. The van der Waals surface area contributed by atoms with Gasteiger partial charge in [-0.3, -0.25) is 9.79 Å². The molecule has 1 aliphatic rings. The molecule has 0 bridgehead atoms. The summed E-state index contributed by atoms with van der Waals surface area (Å²) in [6.45, 7) is 8.12. The van der Waals surface area contributed by atoms with E-state index in [1.54, 1.807) is 19.2 Å². The first-order valence-corrected chi connectivity index (χ1v) is 12.7. The molecular formula is C27H33F3N8O. The molecule has 9 nitrogen and oxygen atoms in total. The standard InChI is InChI=1S/C27H33F3N8O/c1-18(2)15-23(31-3)33-25-22-16-21(32-24(39)9-10-37-13-11-36(4)12-14-37)17-38(22)35-26(34-25)27(29,30)19-5-7-20(28)8-6-19/h5-8,15-17H,9-14H2,1-4H3,(H,32,39)(H,31,33,34,35). The molecule has 0 spiro atoms. The highest BCUT2D eigenvalue weighted by molar-refractivity contribution is 6.05. The summed E-state index contributed by atoms with van der Waals surface area (Å²) in [5.41, 5.74) is 1.25. The summed E-state index contributed by atoms with van der Waals surface area (Å²) < 4.78 is 45.6. The summed E-state index contributed by atoms with van der Waals surface area (Å²) in [5, 5.41) is 9.90. The van der Waals surface area contributed by atoms with Gasteiger partial charge in [0.1, 0.15) is 17.2 Å².